The molecule has 0 radical (unpaired) electrons. The minimum Gasteiger partial charge on any atom is -0.381 e. The highest BCUT2D eigenvalue weighted by molar-refractivity contribution is 5.82. The summed E-state index contributed by atoms with van der Waals surface area (Å²) in [5.74, 6) is -0.181. The summed E-state index contributed by atoms with van der Waals surface area (Å²) in [5, 5.41) is 11.1. The highest BCUT2D eigenvalue weighted by Gasteiger charge is 2.25. The average molecular weight is 355 g/mol. The van der Waals surface area contributed by atoms with Crippen LogP contribution in [0.2, 0.25) is 0 Å². The lowest BCUT2D eigenvalue weighted by atomic mass is 10.1. The van der Waals surface area contributed by atoms with E-state index in [9.17, 15) is 4.39 Å². The van der Waals surface area contributed by atoms with Gasteiger partial charge in [0.05, 0.1) is 11.4 Å². The highest BCUT2D eigenvalue weighted by Crippen LogP contribution is 2.40. The highest BCUT2D eigenvalue weighted by atomic mass is 19.1. The minimum atomic E-state index is -0.181. The second-order valence-corrected chi connectivity index (χ2v) is 6.79. The molecule has 5 rings (SSSR count). The summed E-state index contributed by atoms with van der Waals surface area (Å²) in [4.78, 5) is 0. The number of H-pyrrole nitrogens is 1. The van der Waals surface area contributed by atoms with Crippen LogP contribution in [-0.4, -0.2) is 10.2 Å². The number of benzene rings is 3. The quantitative estimate of drug-likeness (QED) is 0.453. The summed E-state index contributed by atoms with van der Waals surface area (Å²) >= 11 is 0. The fraction of sp³-hybridized carbons (Fsp3) is 0.0870. The molecule has 2 N–H and O–H groups in total. The van der Waals surface area contributed by atoms with Crippen LogP contribution in [0.25, 0.3) is 22.5 Å². The van der Waals surface area contributed by atoms with Crippen LogP contribution >= 0.6 is 0 Å². The Labute approximate surface area is 156 Å². The molecule has 3 nitrogen and oxygen atoms in total. The van der Waals surface area contributed by atoms with E-state index in [1.54, 1.807) is 12.1 Å². The van der Waals surface area contributed by atoms with Gasteiger partial charge in [-0.3, -0.25) is 5.10 Å². The standard InChI is InChI=1S/C23H18FN3/c24-21-9-5-4-8-16(21)14-25-18-10-11-19-17(12-18)13-20-22(26-27-23(19)20)15-6-2-1-3-7-15/h1-12,25H,13-14H2,(H,26,27). The first-order valence-corrected chi connectivity index (χ1v) is 9.03. The molecule has 4 aromatic rings. The smallest absolute Gasteiger partial charge is 0.128 e. The van der Waals surface area contributed by atoms with Crippen LogP contribution in [0.4, 0.5) is 10.1 Å². The monoisotopic (exact) mass is 355 g/mol. The Morgan fingerprint density at radius 3 is 2.63 bits per heavy atom. The number of aromatic amines is 1. The van der Waals surface area contributed by atoms with Crippen molar-refractivity contribution in [2.24, 2.45) is 0 Å². The molecule has 1 aliphatic carbocycles. The maximum Gasteiger partial charge on any atom is 0.128 e. The number of rotatable bonds is 4. The Kier molecular flexibility index (Phi) is 3.75. The molecule has 0 saturated carbocycles. The van der Waals surface area contributed by atoms with E-state index in [-0.39, 0.29) is 5.82 Å². The van der Waals surface area contributed by atoms with Gasteiger partial charge in [0.25, 0.3) is 0 Å². The maximum atomic E-state index is 13.8. The fourth-order valence-electron chi connectivity index (χ4n) is 3.72. The van der Waals surface area contributed by atoms with E-state index in [4.69, 9.17) is 0 Å². The van der Waals surface area contributed by atoms with E-state index >= 15 is 0 Å². The number of nitrogens with zero attached hydrogens (tertiary/aromatic N) is 1. The number of aromatic nitrogens is 2. The van der Waals surface area contributed by atoms with E-state index in [0.29, 0.717) is 12.1 Å². The minimum absolute atomic E-state index is 0.181. The lowest BCUT2D eigenvalue weighted by molar-refractivity contribution is 0.613. The normalized spacial score (nSPS) is 11.9. The molecule has 1 aromatic heterocycles. The van der Waals surface area contributed by atoms with Gasteiger partial charge in [-0.25, -0.2) is 4.39 Å². The summed E-state index contributed by atoms with van der Waals surface area (Å²) in [5.41, 5.74) is 8.59. The van der Waals surface area contributed by atoms with Gasteiger partial charge in [-0.1, -0.05) is 54.6 Å². The maximum absolute atomic E-state index is 13.8. The van der Waals surface area contributed by atoms with Crippen molar-refractivity contribution in [3.05, 3.63) is 95.3 Å². The molecule has 0 unspecified atom stereocenters. The molecule has 0 atom stereocenters. The molecule has 4 heteroatoms. The molecule has 1 aliphatic rings. The Balaban J connectivity index is 1.40. The first-order chi connectivity index (χ1) is 13.3. The predicted octanol–water partition coefficient (Wildman–Crippen LogP) is 5.40. The van der Waals surface area contributed by atoms with Crippen molar-refractivity contribution in [1.82, 2.24) is 10.2 Å². The van der Waals surface area contributed by atoms with Crippen LogP contribution < -0.4 is 5.32 Å². The molecule has 0 bridgehead atoms. The summed E-state index contributed by atoms with van der Waals surface area (Å²) in [6.07, 6.45) is 0.848. The Bertz CT molecular complexity index is 1120. The molecule has 27 heavy (non-hydrogen) atoms. The van der Waals surface area contributed by atoms with Crippen molar-refractivity contribution in [3.63, 3.8) is 0 Å². The van der Waals surface area contributed by atoms with E-state index in [2.05, 4.69) is 39.8 Å². The van der Waals surface area contributed by atoms with Crippen LogP contribution in [0, 0.1) is 5.82 Å². The molecular weight excluding hydrogens is 337 g/mol. The lowest BCUT2D eigenvalue weighted by Crippen LogP contribution is -2.02. The summed E-state index contributed by atoms with van der Waals surface area (Å²) < 4.78 is 13.8. The Morgan fingerprint density at radius 1 is 0.963 bits per heavy atom. The molecule has 0 aliphatic heterocycles. The van der Waals surface area contributed by atoms with Gasteiger partial charge < -0.3 is 5.32 Å². The number of halogens is 1. The van der Waals surface area contributed by atoms with E-state index < -0.39 is 0 Å². The number of hydrogen-bond acceptors (Lipinski definition) is 2. The van der Waals surface area contributed by atoms with Gasteiger partial charge >= 0.3 is 0 Å². The van der Waals surface area contributed by atoms with Crippen LogP contribution in [0.5, 0.6) is 0 Å². The summed E-state index contributed by atoms with van der Waals surface area (Å²) in [6, 6.07) is 23.4. The molecule has 3 aromatic carbocycles. The van der Waals surface area contributed by atoms with E-state index in [0.717, 1.165) is 29.1 Å². The zero-order valence-electron chi connectivity index (χ0n) is 14.7. The van der Waals surface area contributed by atoms with Crippen molar-refractivity contribution in [2.45, 2.75) is 13.0 Å². The van der Waals surface area contributed by atoms with Gasteiger partial charge in [-0.05, 0) is 23.8 Å². The van der Waals surface area contributed by atoms with Gasteiger partial charge in [0.2, 0.25) is 0 Å². The second-order valence-electron chi connectivity index (χ2n) is 6.79. The number of hydrogen-bond donors (Lipinski definition) is 2. The van der Waals surface area contributed by atoms with Crippen molar-refractivity contribution < 1.29 is 4.39 Å². The predicted molar refractivity (Wildman–Crippen MR) is 106 cm³/mol. The van der Waals surface area contributed by atoms with Crippen molar-refractivity contribution in [1.29, 1.82) is 0 Å². The molecular formula is C23H18FN3. The van der Waals surface area contributed by atoms with E-state index in [1.165, 1.54) is 22.8 Å². The lowest BCUT2D eigenvalue weighted by Gasteiger charge is -2.09. The summed E-state index contributed by atoms with van der Waals surface area (Å²) in [6.45, 7) is 0.466. The van der Waals surface area contributed by atoms with Crippen LogP contribution in [0.1, 0.15) is 16.7 Å². The Morgan fingerprint density at radius 2 is 1.78 bits per heavy atom. The topological polar surface area (TPSA) is 40.7 Å². The second kappa shape index (κ2) is 6.40. The van der Waals surface area contributed by atoms with Crippen molar-refractivity contribution >= 4 is 5.69 Å². The van der Waals surface area contributed by atoms with Gasteiger partial charge in [0, 0.05) is 40.9 Å². The largest absolute Gasteiger partial charge is 0.381 e. The van der Waals surface area contributed by atoms with Crippen LogP contribution in [-0.2, 0) is 13.0 Å². The van der Waals surface area contributed by atoms with E-state index in [1.807, 2.05) is 30.3 Å². The number of anilines is 1. The number of fused-ring (bicyclic) bond motifs is 3. The molecule has 1 heterocycles. The average Bonchev–Trinajstić information content (AvgIpc) is 3.27. The zero-order chi connectivity index (χ0) is 18.2. The molecule has 132 valence electrons. The first kappa shape index (κ1) is 15.8. The van der Waals surface area contributed by atoms with Crippen molar-refractivity contribution in [3.8, 4) is 22.5 Å². The molecule has 0 fully saturated rings. The molecule has 0 saturated heterocycles. The third-order valence-electron chi connectivity index (χ3n) is 5.10. The van der Waals surface area contributed by atoms with Gasteiger partial charge in [0.1, 0.15) is 5.82 Å². The van der Waals surface area contributed by atoms with Crippen molar-refractivity contribution in [2.75, 3.05) is 5.32 Å². The Hall–Kier alpha value is -3.40. The fourth-order valence-corrected chi connectivity index (χ4v) is 3.72. The SMILES string of the molecule is Fc1ccccc1CNc1ccc2c(c1)Cc1c(-c3ccccc3)n[nH]c1-2. The van der Waals surface area contributed by atoms with Gasteiger partial charge in [0.15, 0.2) is 0 Å². The van der Waals surface area contributed by atoms with Gasteiger partial charge in [-0.15, -0.1) is 0 Å². The molecule has 0 amide bonds. The third kappa shape index (κ3) is 2.79. The van der Waals surface area contributed by atoms with Crippen LogP contribution in [0.3, 0.4) is 0 Å². The zero-order valence-corrected chi connectivity index (χ0v) is 14.7. The first-order valence-electron chi connectivity index (χ1n) is 9.03. The van der Waals surface area contributed by atoms with Gasteiger partial charge in [-0.2, -0.15) is 5.10 Å². The number of nitrogens with one attached hydrogen (secondary N) is 2. The third-order valence-corrected chi connectivity index (χ3v) is 5.10. The molecule has 0 spiro atoms. The summed E-state index contributed by atoms with van der Waals surface area (Å²) in [7, 11) is 0. The van der Waals surface area contributed by atoms with Crippen LogP contribution in [0.15, 0.2) is 72.8 Å².